The van der Waals surface area contributed by atoms with E-state index >= 15 is 0 Å². The lowest BCUT2D eigenvalue weighted by molar-refractivity contribution is 0.260. The molecule has 0 aromatic carbocycles. The smallest absolute Gasteiger partial charge is 0.190 e. The third kappa shape index (κ3) is 6.96. The van der Waals surface area contributed by atoms with Crippen LogP contribution in [-0.4, -0.2) is 57.1 Å². The molecule has 182 valence electrons. The summed E-state index contributed by atoms with van der Waals surface area (Å²) in [4.78, 5) is 17.7. The fourth-order valence-electron chi connectivity index (χ4n) is 4.34. The molecule has 0 unspecified atom stereocenters. The van der Waals surface area contributed by atoms with Gasteiger partial charge < -0.3 is 10.2 Å². The van der Waals surface area contributed by atoms with Crippen LogP contribution in [0.5, 0.6) is 0 Å². The van der Waals surface area contributed by atoms with Crippen LogP contribution in [0, 0.1) is 5.92 Å². The van der Waals surface area contributed by atoms with Gasteiger partial charge in [0.05, 0.1) is 11.9 Å². The molecule has 4 rings (SSSR count). The second kappa shape index (κ2) is 12.2. The number of hydrogen-bond acceptors (Lipinski definition) is 7. The van der Waals surface area contributed by atoms with E-state index < -0.39 is 0 Å². The molecule has 0 saturated carbocycles. The van der Waals surface area contributed by atoms with E-state index in [4.69, 9.17) is 9.97 Å². The number of pyridine rings is 1. The SMILES string of the molecule is CCCN(CCCC1=CC(Nc2nc3ccc(-c4cn[nH]c4)nc3s2)=NCC1)CCCC(C)C. The van der Waals surface area contributed by atoms with Crippen LogP contribution >= 0.6 is 11.3 Å². The Bertz CT molecular complexity index is 1100. The maximum atomic E-state index is 4.75. The molecule has 8 heteroatoms. The molecule has 0 amide bonds. The van der Waals surface area contributed by atoms with Gasteiger partial charge in [0.15, 0.2) is 5.13 Å². The average molecular weight is 480 g/mol. The van der Waals surface area contributed by atoms with Gasteiger partial charge >= 0.3 is 0 Å². The summed E-state index contributed by atoms with van der Waals surface area (Å²) in [5.41, 5.74) is 4.26. The Hall–Kier alpha value is -2.58. The van der Waals surface area contributed by atoms with Crippen molar-refractivity contribution in [3.63, 3.8) is 0 Å². The van der Waals surface area contributed by atoms with Gasteiger partial charge in [0.2, 0.25) is 0 Å². The molecular weight excluding hydrogens is 442 g/mol. The van der Waals surface area contributed by atoms with Crippen LogP contribution < -0.4 is 5.32 Å². The number of fused-ring (bicyclic) bond motifs is 1. The number of aliphatic imine (C=N–C) groups is 1. The standard InChI is InChI=1S/C26H37N7S/c1-4-13-33(14-5-7-19(2)3)15-6-8-20-11-12-27-24(16-20)32-26-31-23-10-9-22(30-25(23)34-26)21-17-28-29-18-21/h9-10,16-19H,4-8,11-15H2,1-3H3,(H,28,29)(H,27,31,32). The van der Waals surface area contributed by atoms with Crippen LogP contribution in [0.15, 0.2) is 41.2 Å². The highest BCUT2D eigenvalue weighted by Gasteiger charge is 2.12. The quantitative estimate of drug-likeness (QED) is 0.325. The fraction of sp³-hybridized carbons (Fsp3) is 0.538. The van der Waals surface area contributed by atoms with E-state index in [0.29, 0.717) is 0 Å². The van der Waals surface area contributed by atoms with Crippen molar-refractivity contribution in [2.45, 2.75) is 59.3 Å². The van der Waals surface area contributed by atoms with E-state index in [1.54, 1.807) is 17.5 Å². The van der Waals surface area contributed by atoms with Crippen molar-refractivity contribution in [1.29, 1.82) is 0 Å². The number of thiazole rings is 1. The third-order valence-electron chi connectivity index (χ3n) is 6.11. The van der Waals surface area contributed by atoms with Gasteiger partial charge in [0, 0.05) is 18.3 Å². The average Bonchev–Trinajstić information content (AvgIpc) is 3.48. The predicted octanol–water partition coefficient (Wildman–Crippen LogP) is 6.15. The summed E-state index contributed by atoms with van der Waals surface area (Å²) in [6, 6.07) is 4.00. The van der Waals surface area contributed by atoms with Crippen LogP contribution in [0.25, 0.3) is 21.6 Å². The first-order valence-corrected chi connectivity index (χ1v) is 13.4. The number of hydrogen-bond donors (Lipinski definition) is 2. The molecule has 1 aliphatic rings. The van der Waals surface area contributed by atoms with E-state index in [1.165, 1.54) is 50.9 Å². The van der Waals surface area contributed by atoms with Crippen molar-refractivity contribution in [2.75, 3.05) is 31.5 Å². The van der Waals surface area contributed by atoms with E-state index in [2.05, 4.69) is 52.3 Å². The third-order valence-corrected chi connectivity index (χ3v) is 6.99. The van der Waals surface area contributed by atoms with E-state index in [1.807, 2.05) is 18.3 Å². The lowest BCUT2D eigenvalue weighted by Gasteiger charge is -2.22. The van der Waals surface area contributed by atoms with Crippen molar-refractivity contribution >= 4 is 32.7 Å². The number of H-pyrrole nitrogens is 1. The second-order valence-electron chi connectivity index (χ2n) is 9.45. The predicted molar refractivity (Wildman–Crippen MR) is 144 cm³/mol. The maximum absolute atomic E-state index is 4.75. The van der Waals surface area contributed by atoms with Gasteiger partial charge in [-0.3, -0.25) is 10.1 Å². The normalized spacial score (nSPS) is 14.1. The molecule has 0 radical (unpaired) electrons. The molecule has 0 fully saturated rings. The van der Waals surface area contributed by atoms with Gasteiger partial charge in [-0.1, -0.05) is 37.7 Å². The lowest BCUT2D eigenvalue weighted by atomic mass is 10.0. The largest absolute Gasteiger partial charge is 0.316 e. The van der Waals surface area contributed by atoms with Crippen molar-refractivity contribution < 1.29 is 0 Å². The van der Waals surface area contributed by atoms with Gasteiger partial charge in [-0.25, -0.2) is 9.97 Å². The topological polar surface area (TPSA) is 82.1 Å². The minimum Gasteiger partial charge on any atom is -0.316 e. The van der Waals surface area contributed by atoms with E-state index in [-0.39, 0.29) is 0 Å². The number of aromatic nitrogens is 4. The second-order valence-corrected chi connectivity index (χ2v) is 10.4. The fourth-order valence-corrected chi connectivity index (χ4v) is 5.19. The summed E-state index contributed by atoms with van der Waals surface area (Å²) >= 11 is 1.56. The molecule has 0 bridgehead atoms. The first kappa shape index (κ1) is 24.5. The number of rotatable bonds is 12. The molecule has 0 saturated heterocycles. The van der Waals surface area contributed by atoms with Crippen LogP contribution in [0.2, 0.25) is 0 Å². The highest BCUT2D eigenvalue weighted by molar-refractivity contribution is 7.22. The molecule has 0 aliphatic carbocycles. The first-order chi connectivity index (χ1) is 16.6. The van der Waals surface area contributed by atoms with Crippen LogP contribution in [0.4, 0.5) is 5.13 Å². The first-order valence-electron chi connectivity index (χ1n) is 12.6. The molecule has 4 heterocycles. The van der Waals surface area contributed by atoms with Crippen molar-refractivity contribution in [2.24, 2.45) is 10.9 Å². The van der Waals surface area contributed by atoms with Gasteiger partial charge in [0.25, 0.3) is 0 Å². The van der Waals surface area contributed by atoms with Gasteiger partial charge in [-0.05, 0) is 82.3 Å². The minimum atomic E-state index is 0.797. The Morgan fingerprint density at radius 2 is 2.03 bits per heavy atom. The molecular formula is C26H37N7S. The molecule has 0 spiro atoms. The van der Waals surface area contributed by atoms with Gasteiger partial charge in [-0.15, -0.1) is 0 Å². The van der Waals surface area contributed by atoms with Crippen molar-refractivity contribution in [1.82, 2.24) is 25.1 Å². The summed E-state index contributed by atoms with van der Waals surface area (Å²) in [6.07, 6.45) is 13.1. The van der Waals surface area contributed by atoms with Crippen molar-refractivity contribution in [3.05, 3.63) is 36.2 Å². The molecule has 3 aromatic rings. The van der Waals surface area contributed by atoms with Crippen LogP contribution in [0.1, 0.15) is 59.3 Å². The van der Waals surface area contributed by atoms with E-state index in [0.717, 1.165) is 57.9 Å². The Morgan fingerprint density at radius 1 is 1.15 bits per heavy atom. The number of nitrogens with one attached hydrogen (secondary N) is 2. The van der Waals surface area contributed by atoms with Crippen molar-refractivity contribution in [3.8, 4) is 11.3 Å². The zero-order valence-corrected chi connectivity index (χ0v) is 21.5. The van der Waals surface area contributed by atoms with Crippen LogP contribution in [-0.2, 0) is 0 Å². The molecule has 0 atom stereocenters. The maximum Gasteiger partial charge on any atom is 0.190 e. The highest BCUT2D eigenvalue weighted by atomic mass is 32.1. The monoisotopic (exact) mass is 479 g/mol. The summed E-state index contributed by atoms with van der Waals surface area (Å²) in [5.74, 6) is 1.71. The number of dihydropyridines is 1. The summed E-state index contributed by atoms with van der Waals surface area (Å²) < 4.78 is 0. The van der Waals surface area contributed by atoms with Gasteiger partial charge in [-0.2, -0.15) is 5.10 Å². The number of anilines is 1. The zero-order valence-electron chi connectivity index (χ0n) is 20.7. The number of amidine groups is 1. The molecule has 3 aromatic heterocycles. The zero-order chi connectivity index (χ0) is 23.8. The molecule has 2 N–H and O–H groups in total. The van der Waals surface area contributed by atoms with Gasteiger partial charge in [0.1, 0.15) is 16.2 Å². The Labute approximate surface area is 206 Å². The lowest BCUT2D eigenvalue weighted by Crippen LogP contribution is -2.27. The summed E-state index contributed by atoms with van der Waals surface area (Å²) in [5, 5.41) is 11.1. The Kier molecular flexibility index (Phi) is 8.82. The molecule has 34 heavy (non-hydrogen) atoms. The van der Waals surface area contributed by atoms with E-state index in [9.17, 15) is 0 Å². The Balaban J connectivity index is 1.31. The number of nitrogens with zero attached hydrogens (tertiary/aromatic N) is 5. The summed E-state index contributed by atoms with van der Waals surface area (Å²) in [6.45, 7) is 11.4. The molecule has 1 aliphatic heterocycles. The number of aromatic amines is 1. The Morgan fingerprint density at radius 3 is 2.82 bits per heavy atom. The molecule has 7 nitrogen and oxygen atoms in total. The highest BCUT2D eigenvalue weighted by Crippen LogP contribution is 2.28. The minimum absolute atomic E-state index is 0.797. The van der Waals surface area contributed by atoms with Crippen LogP contribution in [0.3, 0.4) is 0 Å². The summed E-state index contributed by atoms with van der Waals surface area (Å²) in [7, 11) is 0.